The highest BCUT2D eigenvalue weighted by molar-refractivity contribution is 7.99. The van der Waals surface area contributed by atoms with Crippen LogP contribution in [0.3, 0.4) is 0 Å². The molecule has 4 heteroatoms. The van der Waals surface area contributed by atoms with E-state index in [9.17, 15) is 0 Å². The topological polar surface area (TPSA) is 30.7 Å². The zero-order valence-electron chi connectivity index (χ0n) is 34.4. The van der Waals surface area contributed by atoms with Gasteiger partial charge in [0.1, 0.15) is 0 Å². The van der Waals surface area contributed by atoms with E-state index in [0.717, 1.165) is 39.0 Å². The fourth-order valence-electron chi connectivity index (χ4n) is 8.26. The molecule has 5 aromatic carbocycles. The van der Waals surface area contributed by atoms with Gasteiger partial charge in [-0.1, -0.05) is 172 Å². The van der Waals surface area contributed by atoms with Gasteiger partial charge in [-0.25, -0.2) is 9.97 Å². The van der Waals surface area contributed by atoms with Crippen LogP contribution in [-0.2, 0) is 0 Å². The third-order valence-electron chi connectivity index (χ3n) is 11.4. The molecule has 2 aliphatic carbocycles. The number of thioether (sulfide) groups is 1. The number of nitrogens with zero attached hydrogens (tertiary/aromatic N) is 3. The first-order chi connectivity index (χ1) is 28.4. The van der Waals surface area contributed by atoms with Crippen LogP contribution in [0.5, 0.6) is 0 Å². The maximum Gasteiger partial charge on any atom is 0.160 e. The van der Waals surface area contributed by atoms with E-state index in [2.05, 4.69) is 202 Å². The van der Waals surface area contributed by atoms with Gasteiger partial charge in [0.15, 0.2) is 5.82 Å². The van der Waals surface area contributed by atoms with Crippen LogP contribution in [0.15, 0.2) is 174 Å². The lowest BCUT2D eigenvalue weighted by Gasteiger charge is -2.31. The van der Waals surface area contributed by atoms with Gasteiger partial charge in [-0.2, -0.15) is 0 Å². The van der Waals surface area contributed by atoms with Crippen molar-refractivity contribution in [1.82, 2.24) is 14.5 Å². The van der Waals surface area contributed by atoms with Crippen LogP contribution < -0.4 is 0 Å². The molecule has 3 unspecified atom stereocenters. The first kappa shape index (κ1) is 38.9. The van der Waals surface area contributed by atoms with Crippen molar-refractivity contribution in [2.75, 3.05) is 5.75 Å². The maximum absolute atomic E-state index is 5.33. The molecule has 0 N–H and O–H groups in total. The molecule has 0 radical (unpaired) electrons. The highest BCUT2D eigenvalue weighted by atomic mass is 32.2. The van der Waals surface area contributed by atoms with Crippen molar-refractivity contribution in [3.63, 3.8) is 0 Å². The second-order valence-electron chi connectivity index (χ2n) is 15.1. The van der Waals surface area contributed by atoms with Crippen molar-refractivity contribution in [1.29, 1.82) is 0 Å². The van der Waals surface area contributed by atoms with Crippen molar-refractivity contribution < 1.29 is 0 Å². The van der Waals surface area contributed by atoms with Crippen molar-refractivity contribution in [3.05, 3.63) is 198 Å². The maximum atomic E-state index is 5.33. The van der Waals surface area contributed by atoms with Crippen LogP contribution in [0.2, 0.25) is 0 Å². The van der Waals surface area contributed by atoms with Crippen molar-refractivity contribution >= 4 is 39.5 Å². The summed E-state index contributed by atoms with van der Waals surface area (Å²) in [7, 11) is 0. The van der Waals surface area contributed by atoms with E-state index >= 15 is 0 Å². The Bertz CT molecular complexity index is 2740. The van der Waals surface area contributed by atoms with Crippen molar-refractivity contribution in [2.45, 2.75) is 58.3 Å². The summed E-state index contributed by atoms with van der Waals surface area (Å²) in [6.07, 6.45) is 20.3. The van der Waals surface area contributed by atoms with Gasteiger partial charge in [0.05, 0.1) is 21.8 Å². The molecular weight excluding hydrogens is 723 g/mol. The average molecular weight is 774 g/mol. The van der Waals surface area contributed by atoms with E-state index < -0.39 is 0 Å². The number of hydrogen-bond acceptors (Lipinski definition) is 3. The number of para-hydroxylation sites is 1. The minimum absolute atomic E-state index is 0.148. The number of fused-ring (bicyclic) bond motifs is 7. The molecule has 0 bridgehead atoms. The molecule has 3 aliphatic rings. The Kier molecular flexibility index (Phi) is 11.6. The third-order valence-corrected chi connectivity index (χ3v) is 12.5. The Morgan fingerprint density at radius 2 is 1.29 bits per heavy atom. The molecule has 0 saturated heterocycles. The summed E-state index contributed by atoms with van der Waals surface area (Å²) in [4.78, 5) is 11.7. The molecule has 10 rings (SSSR count). The summed E-state index contributed by atoms with van der Waals surface area (Å²) in [5.74, 6) is 2.46. The minimum Gasteiger partial charge on any atom is -0.312 e. The monoisotopic (exact) mass is 773 g/mol. The molecule has 0 amide bonds. The molecule has 0 fully saturated rings. The fraction of sp³-hybridized carbons (Fsp3) is 0.185. The second kappa shape index (κ2) is 17.3. The highest BCUT2D eigenvalue weighted by Gasteiger charge is 2.33. The van der Waals surface area contributed by atoms with Gasteiger partial charge < -0.3 is 4.57 Å². The Hall–Kier alpha value is -5.97. The Balaban J connectivity index is 0.000000417. The zero-order chi connectivity index (χ0) is 40.2. The molecular formula is C54H51N3S. The predicted molar refractivity (Wildman–Crippen MR) is 250 cm³/mol. The van der Waals surface area contributed by atoms with Crippen LogP contribution in [0.25, 0.3) is 56.1 Å². The van der Waals surface area contributed by atoms with Crippen molar-refractivity contribution in [3.8, 4) is 28.3 Å². The summed E-state index contributed by atoms with van der Waals surface area (Å²) in [5.41, 5.74) is 13.5. The van der Waals surface area contributed by atoms with Crippen LogP contribution in [0.4, 0.5) is 0 Å². The number of rotatable bonds is 3. The second-order valence-corrected chi connectivity index (χ2v) is 16.1. The van der Waals surface area contributed by atoms with Gasteiger partial charge in [0.25, 0.3) is 0 Å². The largest absolute Gasteiger partial charge is 0.312 e. The van der Waals surface area contributed by atoms with E-state index in [1.54, 1.807) is 0 Å². The fourth-order valence-corrected chi connectivity index (χ4v) is 9.31. The quantitative estimate of drug-likeness (QED) is 0.179. The summed E-state index contributed by atoms with van der Waals surface area (Å²) in [5, 5.41) is 3.71. The van der Waals surface area contributed by atoms with Gasteiger partial charge in [0, 0.05) is 57.0 Å². The van der Waals surface area contributed by atoms with Crippen LogP contribution in [-0.4, -0.2) is 20.3 Å². The minimum atomic E-state index is 0.148. The van der Waals surface area contributed by atoms with Crippen LogP contribution in [0, 0.1) is 19.8 Å². The normalized spacial score (nSPS) is 18.8. The van der Waals surface area contributed by atoms with E-state index in [1.807, 2.05) is 25.6 Å². The smallest absolute Gasteiger partial charge is 0.160 e. The summed E-state index contributed by atoms with van der Waals surface area (Å²) >= 11 is 1.83. The Morgan fingerprint density at radius 3 is 2.05 bits per heavy atom. The molecule has 3 nitrogen and oxygen atoms in total. The first-order valence-electron chi connectivity index (χ1n) is 20.6. The van der Waals surface area contributed by atoms with E-state index in [-0.39, 0.29) is 5.92 Å². The lowest BCUT2D eigenvalue weighted by Crippen LogP contribution is -2.19. The highest BCUT2D eigenvalue weighted by Crippen LogP contribution is 2.47. The van der Waals surface area contributed by atoms with Gasteiger partial charge in [0.2, 0.25) is 0 Å². The van der Waals surface area contributed by atoms with Gasteiger partial charge in [-0.05, 0) is 66.9 Å². The molecule has 58 heavy (non-hydrogen) atoms. The van der Waals surface area contributed by atoms with E-state index in [4.69, 9.17) is 9.97 Å². The number of allylic oxidation sites excluding steroid dienone is 8. The molecule has 3 atom stereocenters. The molecule has 0 saturated carbocycles. The summed E-state index contributed by atoms with van der Waals surface area (Å²) in [6, 6.07) is 41.3. The lowest BCUT2D eigenvalue weighted by atomic mass is 9.76. The van der Waals surface area contributed by atoms with Gasteiger partial charge in [-0.15, -0.1) is 11.8 Å². The molecule has 288 valence electrons. The SMILES string of the molecule is CC.CC1=Cc2c(n(-c3ccc(-c4nc(-c5ccc6ccccc6c5)nc5c4SC/C=C\C=C/C5C)cc3)c3ccccc23)C2C=CC=CC12.Cc1ccccc1C. The number of aromatic nitrogens is 3. The number of benzene rings is 5. The van der Waals surface area contributed by atoms with Crippen molar-refractivity contribution in [2.24, 2.45) is 5.92 Å². The summed E-state index contributed by atoms with van der Waals surface area (Å²) < 4.78 is 2.49. The lowest BCUT2D eigenvalue weighted by molar-refractivity contribution is 0.629. The van der Waals surface area contributed by atoms with E-state index in [1.165, 1.54) is 55.3 Å². The van der Waals surface area contributed by atoms with Crippen LogP contribution >= 0.6 is 11.8 Å². The average Bonchev–Trinajstić information content (AvgIpc) is 3.64. The van der Waals surface area contributed by atoms with Crippen LogP contribution in [0.1, 0.15) is 67.6 Å². The van der Waals surface area contributed by atoms with Gasteiger partial charge in [-0.3, -0.25) is 0 Å². The third kappa shape index (κ3) is 7.57. The van der Waals surface area contributed by atoms with Gasteiger partial charge >= 0.3 is 0 Å². The molecule has 2 aromatic heterocycles. The molecule has 0 spiro atoms. The zero-order valence-corrected chi connectivity index (χ0v) is 35.2. The predicted octanol–water partition coefficient (Wildman–Crippen LogP) is 14.8. The van der Waals surface area contributed by atoms with E-state index in [0.29, 0.717) is 11.8 Å². The standard InChI is InChI=1S/C44H35N3S.C8H10.C2H6/c1-28-12-4-3-11-25-48-43-40(28)45-44(33-20-19-30-13-5-6-14-32(30)27-33)46-41(43)31-21-23-34(24-22-31)47-39-18-10-9-16-36(39)38-26-29(2)35-15-7-8-17-37(35)42(38)47;1-7-5-3-4-6-8(7)2;1-2/h3-24,26-28,35,37H,25H2,1-2H3;3-6H,1-2H3;1-2H3/b11-3-,12-4-;;. The molecule has 7 aromatic rings. The molecule has 3 heterocycles. The number of hydrogen-bond donors (Lipinski definition) is 0. The first-order valence-corrected chi connectivity index (χ1v) is 21.6. The summed E-state index contributed by atoms with van der Waals surface area (Å²) in [6.45, 7) is 12.7. The Morgan fingerprint density at radius 1 is 0.638 bits per heavy atom. The molecule has 1 aliphatic heterocycles. The number of aryl methyl sites for hydroxylation is 2. The Labute approximate surface area is 348 Å².